The third kappa shape index (κ3) is 3.46. The number of urea groups is 1. The standard InChI is InChI=1S/C20H22ClN5O/c21-15-2-1-3-16(7-15)24-20(27)26-10-14-6-13-9-23-19(22-8-12-4-5-12)25-18(13)17(14)11-26/h1-3,7,9,12,14,17H,4-6,8,10-11H2,(H,24,27)(H,22,23,25)/t14-,17-/m1/s1. The van der Waals surface area contributed by atoms with Crippen LogP contribution >= 0.6 is 11.6 Å². The summed E-state index contributed by atoms with van der Waals surface area (Å²) in [6.45, 7) is 2.41. The lowest BCUT2D eigenvalue weighted by Gasteiger charge is -2.18. The Bertz CT molecular complexity index is 884. The third-order valence-corrected chi connectivity index (χ3v) is 6.02. The van der Waals surface area contributed by atoms with Gasteiger partial charge in [-0.15, -0.1) is 0 Å². The van der Waals surface area contributed by atoms with E-state index in [1.807, 2.05) is 23.2 Å². The number of hydrogen-bond acceptors (Lipinski definition) is 4. The Morgan fingerprint density at radius 3 is 3.00 bits per heavy atom. The number of hydrogen-bond donors (Lipinski definition) is 2. The summed E-state index contributed by atoms with van der Waals surface area (Å²) in [6, 6.07) is 7.16. The molecule has 2 fully saturated rings. The second-order valence-electron chi connectivity index (χ2n) is 7.84. The van der Waals surface area contributed by atoms with Crippen LogP contribution in [0.5, 0.6) is 0 Å². The van der Waals surface area contributed by atoms with Gasteiger partial charge in [-0.1, -0.05) is 17.7 Å². The molecule has 6 nitrogen and oxygen atoms in total. The number of nitrogens with one attached hydrogen (secondary N) is 2. The Labute approximate surface area is 163 Å². The van der Waals surface area contributed by atoms with E-state index < -0.39 is 0 Å². The zero-order chi connectivity index (χ0) is 18.4. The zero-order valence-electron chi connectivity index (χ0n) is 15.0. The quantitative estimate of drug-likeness (QED) is 0.843. The van der Waals surface area contributed by atoms with Gasteiger partial charge in [0.25, 0.3) is 0 Å². The highest BCUT2D eigenvalue weighted by atomic mass is 35.5. The number of nitrogens with zero attached hydrogens (tertiary/aromatic N) is 3. The van der Waals surface area contributed by atoms with Crippen LogP contribution in [0.3, 0.4) is 0 Å². The first kappa shape index (κ1) is 16.8. The number of anilines is 2. The van der Waals surface area contributed by atoms with E-state index in [-0.39, 0.29) is 6.03 Å². The van der Waals surface area contributed by atoms with Crippen LogP contribution < -0.4 is 10.6 Å². The minimum atomic E-state index is -0.0747. The lowest BCUT2D eigenvalue weighted by molar-refractivity contribution is 0.220. The summed E-state index contributed by atoms with van der Waals surface area (Å²) in [5, 5.41) is 6.92. The summed E-state index contributed by atoms with van der Waals surface area (Å²) < 4.78 is 0. The van der Waals surface area contributed by atoms with E-state index in [9.17, 15) is 4.79 Å². The zero-order valence-corrected chi connectivity index (χ0v) is 15.7. The average Bonchev–Trinajstić information content (AvgIpc) is 3.29. The molecule has 0 spiro atoms. The van der Waals surface area contributed by atoms with Gasteiger partial charge in [-0.25, -0.2) is 14.8 Å². The fourth-order valence-electron chi connectivity index (χ4n) is 4.15. The van der Waals surface area contributed by atoms with E-state index in [0.717, 1.165) is 42.8 Å². The molecule has 2 amide bonds. The highest BCUT2D eigenvalue weighted by molar-refractivity contribution is 6.30. The highest BCUT2D eigenvalue weighted by Gasteiger charge is 2.43. The minimum absolute atomic E-state index is 0.0747. The number of benzene rings is 1. The van der Waals surface area contributed by atoms with Gasteiger partial charge in [0, 0.05) is 42.5 Å². The molecule has 7 heteroatoms. The molecule has 0 radical (unpaired) electrons. The van der Waals surface area contributed by atoms with E-state index in [2.05, 4.69) is 15.6 Å². The fourth-order valence-corrected chi connectivity index (χ4v) is 4.34. The predicted molar refractivity (Wildman–Crippen MR) is 105 cm³/mol. The third-order valence-electron chi connectivity index (χ3n) is 5.78. The fraction of sp³-hybridized carbons (Fsp3) is 0.450. The van der Waals surface area contributed by atoms with Crippen LogP contribution in [0.25, 0.3) is 0 Å². The molecule has 3 aliphatic rings. The van der Waals surface area contributed by atoms with Gasteiger partial charge >= 0.3 is 6.03 Å². The molecule has 27 heavy (non-hydrogen) atoms. The van der Waals surface area contributed by atoms with Gasteiger partial charge in [0.05, 0.1) is 5.69 Å². The van der Waals surface area contributed by atoms with Crippen LogP contribution in [0, 0.1) is 11.8 Å². The van der Waals surface area contributed by atoms with Gasteiger partial charge in [-0.3, -0.25) is 0 Å². The summed E-state index contributed by atoms with van der Waals surface area (Å²) in [5.41, 5.74) is 3.07. The van der Waals surface area contributed by atoms with Crippen LogP contribution in [0.15, 0.2) is 30.5 Å². The Morgan fingerprint density at radius 1 is 1.30 bits per heavy atom. The largest absolute Gasteiger partial charge is 0.354 e. The number of fused-ring (bicyclic) bond motifs is 3. The van der Waals surface area contributed by atoms with Crippen molar-refractivity contribution in [1.29, 1.82) is 0 Å². The van der Waals surface area contributed by atoms with Crippen LogP contribution in [-0.2, 0) is 6.42 Å². The van der Waals surface area contributed by atoms with Gasteiger partial charge in [0.1, 0.15) is 0 Å². The van der Waals surface area contributed by atoms with Crippen molar-refractivity contribution in [3.63, 3.8) is 0 Å². The number of likely N-dealkylation sites (tertiary alicyclic amines) is 1. The number of aromatic nitrogens is 2. The molecule has 0 bridgehead atoms. The number of carbonyl (C=O) groups excluding carboxylic acids is 1. The van der Waals surface area contributed by atoms with Crippen molar-refractivity contribution in [3.8, 4) is 0 Å². The molecular formula is C20H22ClN5O. The molecule has 5 rings (SSSR count). The van der Waals surface area contributed by atoms with Crippen molar-refractivity contribution in [2.45, 2.75) is 25.2 Å². The molecule has 2 N–H and O–H groups in total. The van der Waals surface area contributed by atoms with Crippen LogP contribution in [0.1, 0.15) is 30.0 Å². The maximum atomic E-state index is 12.6. The van der Waals surface area contributed by atoms with E-state index in [0.29, 0.717) is 23.4 Å². The Hall–Kier alpha value is -2.34. The SMILES string of the molecule is O=C(Nc1cccc(Cl)c1)N1C[C@H]2Cc3cnc(NCC4CC4)nc3[C@@H]2C1. The van der Waals surface area contributed by atoms with E-state index >= 15 is 0 Å². The second-order valence-corrected chi connectivity index (χ2v) is 8.28. The lowest BCUT2D eigenvalue weighted by atomic mass is 9.99. The number of amides is 2. The maximum absolute atomic E-state index is 12.6. The monoisotopic (exact) mass is 383 g/mol. The van der Waals surface area contributed by atoms with Crippen LogP contribution in [-0.4, -0.2) is 40.5 Å². The first-order valence-corrected chi connectivity index (χ1v) is 9.94. The van der Waals surface area contributed by atoms with Gasteiger partial charge in [0.15, 0.2) is 0 Å². The van der Waals surface area contributed by atoms with Gasteiger partial charge < -0.3 is 15.5 Å². The molecule has 1 saturated heterocycles. The molecule has 1 aromatic heterocycles. The molecule has 1 saturated carbocycles. The number of rotatable bonds is 4. The van der Waals surface area contributed by atoms with Crippen molar-refractivity contribution >= 4 is 29.3 Å². The van der Waals surface area contributed by atoms with E-state index in [1.165, 1.54) is 18.4 Å². The topological polar surface area (TPSA) is 70.2 Å². The van der Waals surface area contributed by atoms with Crippen molar-refractivity contribution in [2.75, 3.05) is 30.3 Å². The second kappa shape index (κ2) is 6.68. The normalized spacial score (nSPS) is 23.1. The molecule has 0 unspecified atom stereocenters. The summed E-state index contributed by atoms with van der Waals surface area (Å²) in [5.74, 6) is 2.24. The van der Waals surface area contributed by atoms with Crippen molar-refractivity contribution < 1.29 is 4.79 Å². The van der Waals surface area contributed by atoms with Crippen molar-refractivity contribution in [3.05, 3.63) is 46.7 Å². The van der Waals surface area contributed by atoms with Gasteiger partial charge in [-0.2, -0.15) is 0 Å². The molecule has 2 atom stereocenters. The van der Waals surface area contributed by atoms with Gasteiger partial charge in [0.2, 0.25) is 5.95 Å². The maximum Gasteiger partial charge on any atom is 0.321 e. The highest BCUT2D eigenvalue weighted by Crippen LogP contribution is 2.42. The minimum Gasteiger partial charge on any atom is -0.354 e. The molecule has 2 aromatic rings. The summed E-state index contributed by atoms with van der Waals surface area (Å²) in [4.78, 5) is 23.8. The Morgan fingerprint density at radius 2 is 2.19 bits per heavy atom. The van der Waals surface area contributed by atoms with Gasteiger partial charge in [-0.05, 0) is 54.9 Å². The average molecular weight is 384 g/mol. The molecular weight excluding hydrogens is 362 g/mol. The molecule has 1 aliphatic heterocycles. The van der Waals surface area contributed by atoms with Crippen molar-refractivity contribution in [1.82, 2.24) is 14.9 Å². The predicted octanol–water partition coefficient (Wildman–Crippen LogP) is 3.76. The molecule has 140 valence electrons. The first-order chi connectivity index (χ1) is 13.2. The van der Waals surface area contributed by atoms with Crippen LogP contribution in [0.2, 0.25) is 5.02 Å². The van der Waals surface area contributed by atoms with E-state index in [1.54, 1.807) is 12.1 Å². The van der Waals surface area contributed by atoms with Crippen molar-refractivity contribution in [2.24, 2.45) is 11.8 Å². The molecule has 1 aromatic carbocycles. The molecule has 2 heterocycles. The summed E-state index contributed by atoms with van der Waals surface area (Å²) >= 11 is 6.00. The van der Waals surface area contributed by atoms with Crippen LogP contribution in [0.4, 0.5) is 16.4 Å². The Kier molecular flexibility index (Phi) is 4.16. The number of carbonyl (C=O) groups is 1. The van der Waals surface area contributed by atoms with E-state index in [4.69, 9.17) is 16.6 Å². The summed E-state index contributed by atoms with van der Waals surface area (Å²) in [6.07, 6.45) is 5.52. The first-order valence-electron chi connectivity index (χ1n) is 9.57. The Balaban J connectivity index is 1.26. The number of halogens is 1. The lowest BCUT2D eigenvalue weighted by Crippen LogP contribution is -2.33. The smallest absolute Gasteiger partial charge is 0.321 e. The molecule has 2 aliphatic carbocycles. The summed E-state index contributed by atoms with van der Waals surface area (Å²) in [7, 11) is 0.